The molecule has 2 aromatic carbocycles. The van der Waals surface area contributed by atoms with E-state index in [1.54, 1.807) is 18.2 Å². The number of aromatic nitrogens is 2. The molecule has 1 aromatic heterocycles. The van der Waals surface area contributed by atoms with Crippen molar-refractivity contribution in [3.05, 3.63) is 68.8 Å². The number of fused-ring (bicyclic) bond motifs is 2. The minimum absolute atomic E-state index is 0.0463. The third-order valence-corrected chi connectivity index (χ3v) is 6.07. The van der Waals surface area contributed by atoms with Gasteiger partial charge in [0.25, 0.3) is 5.91 Å². The third kappa shape index (κ3) is 3.69. The Kier molecular flexibility index (Phi) is 5.17. The minimum Gasteiger partial charge on any atom is -0.455 e. The number of anilines is 3. The van der Waals surface area contributed by atoms with Gasteiger partial charge in [0, 0.05) is 18.4 Å². The Morgan fingerprint density at radius 1 is 1.23 bits per heavy atom. The maximum Gasteiger partial charge on any atom is 0.268 e. The summed E-state index contributed by atoms with van der Waals surface area (Å²) in [5, 5.41) is 7.34. The van der Waals surface area contributed by atoms with E-state index < -0.39 is 0 Å². The first kappa shape index (κ1) is 20.1. The Labute approximate surface area is 189 Å². The second-order valence-electron chi connectivity index (χ2n) is 7.47. The highest BCUT2D eigenvalue weighted by molar-refractivity contribution is 6.40. The van der Waals surface area contributed by atoms with Gasteiger partial charge in [0.1, 0.15) is 5.56 Å². The SMILES string of the molecule is Cc1cc(Nc2ncc3c(n2)OCN(c2c(Cl)cccc2Cl)C3=O)cc2c1CCNC2. The van der Waals surface area contributed by atoms with E-state index in [-0.39, 0.29) is 24.1 Å². The van der Waals surface area contributed by atoms with Crippen LogP contribution in [0.5, 0.6) is 5.88 Å². The van der Waals surface area contributed by atoms with Gasteiger partial charge in [-0.05, 0) is 60.8 Å². The molecule has 2 aliphatic heterocycles. The maximum absolute atomic E-state index is 13.0. The zero-order valence-corrected chi connectivity index (χ0v) is 18.2. The maximum atomic E-state index is 13.0. The first-order valence-electron chi connectivity index (χ1n) is 9.87. The summed E-state index contributed by atoms with van der Waals surface area (Å²) in [7, 11) is 0. The van der Waals surface area contributed by atoms with Crippen molar-refractivity contribution < 1.29 is 9.53 Å². The molecule has 0 saturated heterocycles. The lowest BCUT2D eigenvalue weighted by molar-refractivity contribution is 0.0932. The largest absolute Gasteiger partial charge is 0.455 e. The van der Waals surface area contributed by atoms with E-state index in [0.29, 0.717) is 21.7 Å². The molecule has 5 rings (SSSR count). The molecule has 9 heteroatoms. The van der Waals surface area contributed by atoms with Crippen LogP contribution in [0.15, 0.2) is 36.5 Å². The van der Waals surface area contributed by atoms with Crippen molar-refractivity contribution in [2.24, 2.45) is 0 Å². The summed E-state index contributed by atoms with van der Waals surface area (Å²) in [5.74, 6) is 0.260. The van der Waals surface area contributed by atoms with Crippen LogP contribution in [0.2, 0.25) is 10.0 Å². The van der Waals surface area contributed by atoms with Crippen molar-refractivity contribution in [1.29, 1.82) is 0 Å². The molecule has 2 N–H and O–H groups in total. The second-order valence-corrected chi connectivity index (χ2v) is 8.29. The van der Waals surface area contributed by atoms with Crippen LogP contribution in [0.25, 0.3) is 0 Å². The normalized spacial score (nSPS) is 15.2. The summed E-state index contributed by atoms with van der Waals surface area (Å²) < 4.78 is 5.75. The number of nitrogens with zero attached hydrogens (tertiary/aromatic N) is 3. The number of nitrogens with one attached hydrogen (secondary N) is 2. The molecule has 1 amide bonds. The summed E-state index contributed by atoms with van der Waals surface area (Å²) in [5.41, 5.74) is 5.44. The predicted molar refractivity (Wildman–Crippen MR) is 121 cm³/mol. The topological polar surface area (TPSA) is 79.4 Å². The quantitative estimate of drug-likeness (QED) is 0.605. The summed E-state index contributed by atoms with van der Waals surface area (Å²) in [6.45, 7) is 3.90. The van der Waals surface area contributed by atoms with Gasteiger partial charge in [-0.1, -0.05) is 29.3 Å². The molecule has 0 unspecified atom stereocenters. The van der Waals surface area contributed by atoms with Gasteiger partial charge in [-0.3, -0.25) is 9.69 Å². The molecule has 0 spiro atoms. The lowest BCUT2D eigenvalue weighted by Crippen LogP contribution is -2.39. The summed E-state index contributed by atoms with van der Waals surface area (Å²) in [6.07, 6.45) is 2.48. The van der Waals surface area contributed by atoms with E-state index in [9.17, 15) is 4.79 Å². The van der Waals surface area contributed by atoms with Gasteiger partial charge in [-0.15, -0.1) is 0 Å². The van der Waals surface area contributed by atoms with Gasteiger partial charge in [0.2, 0.25) is 11.8 Å². The van der Waals surface area contributed by atoms with Crippen molar-refractivity contribution in [3.8, 4) is 5.88 Å². The number of carbonyl (C=O) groups is 1. The Hall–Kier alpha value is -2.87. The van der Waals surface area contributed by atoms with Crippen LogP contribution in [-0.2, 0) is 13.0 Å². The molecule has 0 aliphatic carbocycles. The smallest absolute Gasteiger partial charge is 0.268 e. The Morgan fingerprint density at radius 3 is 2.84 bits per heavy atom. The van der Waals surface area contributed by atoms with Crippen molar-refractivity contribution >= 4 is 46.4 Å². The van der Waals surface area contributed by atoms with E-state index in [0.717, 1.165) is 25.2 Å². The number of hydrogen-bond donors (Lipinski definition) is 2. The minimum atomic E-state index is -0.321. The molecule has 0 atom stereocenters. The highest BCUT2D eigenvalue weighted by atomic mass is 35.5. The number of benzene rings is 2. The van der Waals surface area contributed by atoms with Crippen LogP contribution in [0.4, 0.5) is 17.3 Å². The number of amides is 1. The number of rotatable bonds is 3. The van der Waals surface area contributed by atoms with Crippen LogP contribution in [0, 0.1) is 6.92 Å². The number of hydrogen-bond acceptors (Lipinski definition) is 6. The molecule has 3 heterocycles. The number of halogens is 2. The molecule has 0 saturated carbocycles. The molecule has 0 radical (unpaired) electrons. The predicted octanol–water partition coefficient (Wildman–Crippen LogP) is 4.48. The zero-order valence-electron chi connectivity index (χ0n) is 16.7. The van der Waals surface area contributed by atoms with Gasteiger partial charge in [-0.2, -0.15) is 4.98 Å². The number of para-hydroxylation sites is 1. The Bertz CT molecular complexity index is 1180. The Balaban J connectivity index is 1.41. The molecule has 0 bridgehead atoms. The summed E-state index contributed by atoms with van der Waals surface area (Å²) >= 11 is 12.5. The first-order valence-corrected chi connectivity index (χ1v) is 10.6. The fourth-order valence-electron chi connectivity index (χ4n) is 3.97. The van der Waals surface area contributed by atoms with Crippen molar-refractivity contribution in [1.82, 2.24) is 15.3 Å². The van der Waals surface area contributed by atoms with E-state index >= 15 is 0 Å². The number of ether oxygens (including phenoxy) is 1. The molecule has 31 heavy (non-hydrogen) atoms. The molecule has 0 fully saturated rings. The molecule has 2 aliphatic rings. The van der Waals surface area contributed by atoms with Crippen LogP contribution in [-0.4, -0.2) is 29.2 Å². The fraction of sp³-hybridized carbons (Fsp3) is 0.227. The number of carbonyl (C=O) groups excluding carboxylic acids is 1. The Morgan fingerprint density at radius 2 is 2.03 bits per heavy atom. The molecular weight excluding hydrogens is 437 g/mol. The molecule has 158 valence electrons. The summed E-state index contributed by atoms with van der Waals surface area (Å²) in [4.78, 5) is 23.1. The van der Waals surface area contributed by atoms with Gasteiger partial charge in [-0.25, -0.2) is 4.98 Å². The average molecular weight is 456 g/mol. The van der Waals surface area contributed by atoms with Crippen LogP contribution < -0.4 is 20.3 Å². The van der Waals surface area contributed by atoms with E-state index in [2.05, 4.69) is 39.7 Å². The molecule has 7 nitrogen and oxygen atoms in total. The monoisotopic (exact) mass is 455 g/mol. The summed E-state index contributed by atoms with van der Waals surface area (Å²) in [6, 6.07) is 9.25. The van der Waals surface area contributed by atoms with Gasteiger partial charge >= 0.3 is 0 Å². The first-order chi connectivity index (χ1) is 15.0. The average Bonchev–Trinajstić information content (AvgIpc) is 2.75. The van der Waals surface area contributed by atoms with E-state index in [1.807, 2.05) is 0 Å². The second kappa shape index (κ2) is 8.00. The lowest BCUT2D eigenvalue weighted by atomic mass is 9.95. The van der Waals surface area contributed by atoms with Gasteiger partial charge in [0.05, 0.1) is 15.7 Å². The molecular formula is C22H19Cl2N5O2. The highest BCUT2D eigenvalue weighted by Crippen LogP contribution is 2.37. The van der Waals surface area contributed by atoms with Crippen molar-refractivity contribution in [2.75, 3.05) is 23.5 Å². The number of aryl methyl sites for hydroxylation is 1. The van der Waals surface area contributed by atoms with Crippen molar-refractivity contribution in [3.63, 3.8) is 0 Å². The van der Waals surface area contributed by atoms with Crippen molar-refractivity contribution in [2.45, 2.75) is 19.9 Å². The highest BCUT2D eigenvalue weighted by Gasteiger charge is 2.31. The molecule has 3 aromatic rings. The van der Waals surface area contributed by atoms with E-state index in [4.69, 9.17) is 27.9 Å². The van der Waals surface area contributed by atoms with Crippen LogP contribution in [0.1, 0.15) is 27.0 Å². The van der Waals surface area contributed by atoms with Gasteiger partial charge < -0.3 is 15.4 Å². The van der Waals surface area contributed by atoms with Crippen LogP contribution in [0.3, 0.4) is 0 Å². The fourth-order valence-corrected chi connectivity index (χ4v) is 4.57. The van der Waals surface area contributed by atoms with E-state index in [1.165, 1.54) is 27.8 Å². The standard InChI is InChI=1S/C22H19Cl2N5O2/c1-12-7-14(8-13-9-25-6-5-15(12)13)27-22-26-10-16-20(28-22)31-11-29(21(16)30)19-17(23)3-2-4-18(19)24/h2-4,7-8,10,25H,5-6,9,11H2,1H3,(H,26,27,28). The van der Waals surface area contributed by atoms with Gasteiger partial charge in [0.15, 0.2) is 6.73 Å². The third-order valence-electron chi connectivity index (χ3n) is 5.46. The van der Waals surface area contributed by atoms with Crippen LogP contribution >= 0.6 is 23.2 Å². The zero-order chi connectivity index (χ0) is 21.5. The lowest BCUT2D eigenvalue weighted by Gasteiger charge is -2.29.